The summed E-state index contributed by atoms with van der Waals surface area (Å²) in [6, 6.07) is 8.13. The first-order valence-corrected chi connectivity index (χ1v) is 6.62. The van der Waals surface area contributed by atoms with Crippen LogP contribution >= 0.6 is 11.3 Å². The Bertz CT molecular complexity index is 593. The van der Waals surface area contributed by atoms with Gasteiger partial charge in [-0.15, -0.1) is 0 Å². The van der Waals surface area contributed by atoms with Gasteiger partial charge < -0.3 is 0 Å². The van der Waals surface area contributed by atoms with E-state index in [0.29, 0.717) is 5.92 Å². The Balaban J connectivity index is 2.73. The second-order valence-corrected chi connectivity index (χ2v) is 5.72. The Morgan fingerprint density at radius 3 is 2.35 bits per heavy atom. The van der Waals surface area contributed by atoms with Crippen LogP contribution in [0.15, 0.2) is 29.1 Å². The number of rotatable bonds is 2. The van der Waals surface area contributed by atoms with E-state index in [1.165, 1.54) is 16.9 Å². The normalized spacial score (nSPS) is 11.1. The number of thiazole rings is 1. The zero-order chi connectivity index (χ0) is 12.6. The van der Waals surface area contributed by atoms with Crippen LogP contribution in [0.3, 0.4) is 0 Å². The summed E-state index contributed by atoms with van der Waals surface area (Å²) in [4.78, 5) is 13.2. The molecule has 0 N–H and O–H groups in total. The highest BCUT2D eigenvalue weighted by molar-refractivity contribution is 7.09. The first-order chi connectivity index (χ1) is 8.02. The van der Waals surface area contributed by atoms with E-state index in [4.69, 9.17) is 0 Å². The molecule has 0 saturated heterocycles. The lowest BCUT2D eigenvalue weighted by atomic mass is 10.0. The fraction of sp³-hybridized carbons (Fsp3) is 0.357. The van der Waals surface area contributed by atoms with Crippen molar-refractivity contribution in [2.24, 2.45) is 0 Å². The van der Waals surface area contributed by atoms with Gasteiger partial charge in [-0.3, -0.25) is 9.36 Å². The van der Waals surface area contributed by atoms with E-state index in [1.807, 2.05) is 36.6 Å². The van der Waals surface area contributed by atoms with Crippen LogP contribution in [0.25, 0.3) is 5.69 Å². The topological polar surface area (TPSA) is 22.0 Å². The summed E-state index contributed by atoms with van der Waals surface area (Å²) in [7, 11) is 0. The highest BCUT2D eigenvalue weighted by Crippen LogP contribution is 2.24. The summed E-state index contributed by atoms with van der Waals surface area (Å²) in [5.74, 6) is 0.415. The van der Waals surface area contributed by atoms with Crippen LogP contribution in [0.5, 0.6) is 0 Å². The fourth-order valence-corrected chi connectivity index (χ4v) is 2.83. The lowest BCUT2D eigenvalue weighted by Crippen LogP contribution is -2.14. The lowest BCUT2D eigenvalue weighted by Gasteiger charge is -2.14. The molecule has 2 aromatic rings. The van der Waals surface area contributed by atoms with Crippen LogP contribution in [0.4, 0.5) is 0 Å². The first kappa shape index (κ1) is 12.1. The predicted octanol–water partition coefficient (Wildman–Crippen LogP) is 3.64. The minimum atomic E-state index is 0.105. The Labute approximate surface area is 106 Å². The number of hydrogen-bond donors (Lipinski definition) is 0. The Morgan fingerprint density at radius 2 is 1.82 bits per heavy atom. The molecule has 0 aliphatic rings. The van der Waals surface area contributed by atoms with Crippen molar-refractivity contribution in [3.8, 4) is 5.69 Å². The monoisotopic (exact) mass is 247 g/mol. The quantitative estimate of drug-likeness (QED) is 0.794. The molecule has 0 aliphatic heterocycles. The molecule has 0 amide bonds. The van der Waals surface area contributed by atoms with Crippen LogP contribution in [0.1, 0.15) is 35.9 Å². The minimum Gasteiger partial charge on any atom is -0.271 e. The van der Waals surface area contributed by atoms with E-state index in [-0.39, 0.29) is 4.87 Å². The maximum atomic E-state index is 12.0. The molecular formula is C14H17NOS. The van der Waals surface area contributed by atoms with Crippen molar-refractivity contribution >= 4 is 11.3 Å². The number of nitrogens with zero attached hydrogens (tertiary/aromatic N) is 1. The van der Waals surface area contributed by atoms with Gasteiger partial charge in [-0.2, -0.15) is 0 Å². The molecule has 2 rings (SSSR count). The lowest BCUT2D eigenvalue weighted by molar-refractivity contribution is 0.836. The first-order valence-electron chi connectivity index (χ1n) is 5.80. The number of hydrogen-bond acceptors (Lipinski definition) is 2. The molecule has 0 saturated carbocycles. The second-order valence-electron chi connectivity index (χ2n) is 4.56. The van der Waals surface area contributed by atoms with E-state index in [1.54, 1.807) is 0 Å². The van der Waals surface area contributed by atoms with Gasteiger partial charge in [0.2, 0.25) is 0 Å². The largest absolute Gasteiger partial charge is 0.312 e. The molecule has 0 unspecified atom stereocenters. The number of para-hydroxylation sites is 1. The highest BCUT2D eigenvalue weighted by Gasteiger charge is 2.13. The van der Waals surface area contributed by atoms with Crippen molar-refractivity contribution in [2.45, 2.75) is 33.6 Å². The van der Waals surface area contributed by atoms with E-state index >= 15 is 0 Å². The van der Waals surface area contributed by atoms with Gasteiger partial charge in [0, 0.05) is 10.6 Å². The predicted molar refractivity (Wildman–Crippen MR) is 73.5 cm³/mol. The number of aromatic nitrogens is 1. The molecule has 1 aromatic heterocycles. The molecule has 2 nitrogen and oxygen atoms in total. The molecule has 0 bridgehead atoms. The van der Waals surface area contributed by atoms with E-state index in [0.717, 1.165) is 16.3 Å². The zero-order valence-electron chi connectivity index (χ0n) is 10.7. The molecule has 3 heteroatoms. The van der Waals surface area contributed by atoms with Gasteiger partial charge in [0.25, 0.3) is 0 Å². The van der Waals surface area contributed by atoms with Crippen LogP contribution in [-0.2, 0) is 0 Å². The van der Waals surface area contributed by atoms with Gasteiger partial charge in [-0.05, 0) is 31.4 Å². The molecule has 0 fully saturated rings. The molecule has 90 valence electrons. The van der Waals surface area contributed by atoms with Gasteiger partial charge in [-0.25, -0.2) is 0 Å². The molecule has 0 radical (unpaired) electrons. The zero-order valence-corrected chi connectivity index (χ0v) is 11.5. The SMILES string of the molecule is Cc1sc(=O)n(-c2ccccc2C(C)C)c1C. The summed E-state index contributed by atoms with van der Waals surface area (Å²) >= 11 is 1.32. The summed E-state index contributed by atoms with van der Waals surface area (Å²) in [6.45, 7) is 8.30. The highest BCUT2D eigenvalue weighted by atomic mass is 32.1. The maximum Gasteiger partial charge on any atom is 0.312 e. The maximum absolute atomic E-state index is 12.0. The van der Waals surface area contributed by atoms with Crippen molar-refractivity contribution < 1.29 is 0 Å². The van der Waals surface area contributed by atoms with Gasteiger partial charge >= 0.3 is 4.87 Å². The van der Waals surface area contributed by atoms with Gasteiger partial charge in [0.05, 0.1) is 5.69 Å². The molecule has 0 spiro atoms. The third-order valence-corrected chi connectivity index (χ3v) is 4.03. The Morgan fingerprint density at radius 1 is 1.18 bits per heavy atom. The molecule has 0 aliphatic carbocycles. The molecule has 1 heterocycles. The smallest absolute Gasteiger partial charge is 0.271 e. The second kappa shape index (κ2) is 4.49. The summed E-state index contributed by atoms with van der Waals surface area (Å²) in [5.41, 5.74) is 3.29. The third kappa shape index (κ3) is 2.07. The number of benzene rings is 1. The van der Waals surface area contributed by atoms with E-state index in [2.05, 4.69) is 19.9 Å². The van der Waals surface area contributed by atoms with Gasteiger partial charge in [0.15, 0.2) is 0 Å². The standard InChI is InChI=1S/C14H17NOS/c1-9(2)12-7-5-6-8-13(12)15-10(3)11(4)17-14(15)16/h5-9H,1-4H3. The number of aryl methyl sites for hydroxylation is 1. The molecular weight excluding hydrogens is 230 g/mol. The average Bonchev–Trinajstić information content (AvgIpc) is 2.53. The van der Waals surface area contributed by atoms with Crippen molar-refractivity contribution in [1.82, 2.24) is 4.57 Å². The van der Waals surface area contributed by atoms with Crippen LogP contribution in [0, 0.1) is 13.8 Å². The Hall–Kier alpha value is -1.35. The Kier molecular flexibility index (Phi) is 3.20. The third-order valence-electron chi connectivity index (χ3n) is 3.07. The fourth-order valence-electron chi connectivity index (χ4n) is 2.00. The van der Waals surface area contributed by atoms with Crippen molar-refractivity contribution in [2.75, 3.05) is 0 Å². The average molecular weight is 247 g/mol. The molecule has 1 aromatic carbocycles. The summed E-state index contributed by atoms with van der Waals surface area (Å²) < 4.78 is 1.83. The van der Waals surface area contributed by atoms with Crippen LogP contribution < -0.4 is 4.87 Å². The van der Waals surface area contributed by atoms with E-state index < -0.39 is 0 Å². The molecule has 17 heavy (non-hydrogen) atoms. The van der Waals surface area contributed by atoms with Crippen molar-refractivity contribution in [3.05, 3.63) is 50.1 Å². The van der Waals surface area contributed by atoms with Crippen LogP contribution in [0.2, 0.25) is 0 Å². The van der Waals surface area contributed by atoms with E-state index in [9.17, 15) is 4.79 Å². The molecule has 0 atom stereocenters. The van der Waals surface area contributed by atoms with Crippen molar-refractivity contribution in [3.63, 3.8) is 0 Å². The minimum absolute atomic E-state index is 0.105. The van der Waals surface area contributed by atoms with Crippen molar-refractivity contribution in [1.29, 1.82) is 0 Å². The summed E-state index contributed by atoms with van der Waals surface area (Å²) in [6.07, 6.45) is 0. The summed E-state index contributed by atoms with van der Waals surface area (Å²) in [5, 5.41) is 0. The van der Waals surface area contributed by atoms with Gasteiger partial charge in [0.1, 0.15) is 0 Å². The van der Waals surface area contributed by atoms with Gasteiger partial charge in [-0.1, -0.05) is 43.4 Å². The van der Waals surface area contributed by atoms with Crippen LogP contribution in [-0.4, -0.2) is 4.57 Å².